The fourth-order valence-corrected chi connectivity index (χ4v) is 5.27. The first-order valence-corrected chi connectivity index (χ1v) is 12.4. The second kappa shape index (κ2) is 10.8. The predicted molar refractivity (Wildman–Crippen MR) is 125 cm³/mol. The van der Waals surface area contributed by atoms with E-state index in [0.717, 1.165) is 34.0 Å². The number of carbonyl (C=O) groups is 1. The summed E-state index contributed by atoms with van der Waals surface area (Å²) in [6, 6.07) is 16.4. The normalized spacial score (nSPS) is 14.5. The second-order valence-corrected chi connectivity index (χ2v) is 9.34. The maximum absolute atomic E-state index is 12.8. The van der Waals surface area contributed by atoms with Gasteiger partial charge in [-0.1, -0.05) is 42.8 Å². The van der Waals surface area contributed by atoms with Crippen LogP contribution in [0.5, 0.6) is 0 Å². The molecule has 2 heterocycles. The lowest BCUT2D eigenvalue weighted by Gasteiger charge is -2.26. The molecule has 30 heavy (non-hydrogen) atoms. The number of amides is 1. The van der Waals surface area contributed by atoms with E-state index in [1.807, 2.05) is 35.2 Å². The van der Waals surface area contributed by atoms with Crippen molar-refractivity contribution >= 4 is 29.0 Å². The minimum atomic E-state index is -0.0335. The first kappa shape index (κ1) is 21.1. The standard InChI is InChI=1S/C24H27N3OS2/c28-24(22-6-2-3-7-23(22)30-17-21-16-29-18-26-21)25-14-19-8-10-20(11-9-19)15-27-12-4-1-5-13-27/h2-3,6-11,16,18H,1,4-5,12-15,17H2,(H,25,28). The molecule has 0 radical (unpaired) electrons. The van der Waals surface area contributed by atoms with Gasteiger partial charge in [0.2, 0.25) is 0 Å². The lowest BCUT2D eigenvalue weighted by molar-refractivity contribution is 0.0948. The summed E-state index contributed by atoms with van der Waals surface area (Å²) in [7, 11) is 0. The number of piperidine rings is 1. The summed E-state index contributed by atoms with van der Waals surface area (Å²) in [4.78, 5) is 20.6. The molecular weight excluding hydrogens is 410 g/mol. The number of hydrogen-bond acceptors (Lipinski definition) is 5. The number of nitrogens with zero attached hydrogens (tertiary/aromatic N) is 2. The lowest BCUT2D eigenvalue weighted by Crippen LogP contribution is -2.29. The van der Waals surface area contributed by atoms with E-state index in [1.54, 1.807) is 23.1 Å². The van der Waals surface area contributed by atoms with Gasteiger partial charge >= 0.3 is 0 Å². The van der Waals surface area contributed by atoms with E-state index >= 15 is 0 Å². The van der Waals surface area contributed by atoms with Crippen LogP contribution >= 0.6 is 23.1 Å². The topological polar surface area (TPSA) is 45.2 Å². The van der Waals surface area contributed by atoms with Crippen LogP contribution in [-0.4, -0.2) is 28.9 Å². The van der Waals surface area contributed by atoms with Crippen LogP contribution in [0.3, 0.4) is 0 Å². The highest BCUT2D eigenvalue weighted by atomic mass is 32.2. The van der Waals surface area contributed by atoms with Crippen LogP contribution < -0.4 is 5.32 Å². The Morgan fingerprint density at radius 1 is 1.03 bits per heavy atom. The van der Waals surface area contributed by atoms with Gasteiger partial charge in [-0.3, -0.25) is 9.69 Å². The molecular formula is C24H27N3OS2. The number of rotatable bonds is 8. The highest BCUT2D eigenvalue weighted by Gasteiger charge is 2.13. The molecule has 4 nitrogen and oxygen atoms in total. The van der Waals surface area contributed by atoms with Gasteiger partial charge in [0.15, 0.2) is 0 Å². The monoisotopic (exact) mass is 437 g/mol. The first-order chi connectivity index (χ1) is 14.8. The van der Waals surface area contributed by atoms with Crippen LogP contribution in [-0.2, 0) is 18.8 Å². The third-order valence-electron chi connectivity index (χ3n) is 5.32. The van der Waals surface area contributed by atoms with Gasteiger partial charge in [-0.05, 0) is 49.2 Å². The van der Waals surface area contributed by atoms with Crippen molar-refractivity contribution in [2.75, 3.05) is 13.1 Å². The molecule has 0 bridgehead atoms. The van der Waals surface area contributed by atoms with Crippen molar-refractivity contribution in [2.24, 2.45) is 0 Å². The van der Waals surface area contributed by atoms with Crippen LogP contribution in [0.4, 0.5) is 0 Å². The highest BCUT2D eigenvalue weighted by molar-refractivity contribution is 7.98. The summed E-state index contributed by atoms with van der Waals surface area (Å²) in [5.74, 6) is 0.737. The summed E-state index contributed by atoms with van der Waals surface area (Å²) in [5, 5.41) is 5.12. The zero-order valence-electron chi connectivity index (χ0n) is 17.0. The fraction of sp³-hybridized carbons (Fsp3) is 0.333. The van der Waals surface area contributed by atoms with Gasteiger partial charge in [0.05, 0.1) is 16.8 Å². The third-order valence-corrected chi connectivity index (χ3v) is 7.06. The van der Waals surface area contributed by atoms with Crippen LogP contribution in [0.25, 0.3) is 0 Å². The number of hydrogen-bond donors (Lipinski definition) is 1. The minimum absolute atomic E-state index is 0.0335. The molecule has 1 aromatic heterocycles. The number of thioether (sulfide) groups is 1. The Kier molecular flexibility index (Phi) is 7.56. The molecule has 6 heteroatoms. The fourth-order valence-electron chi connectivity index (χ4n) is 3.66. The van der Waals surface area contributed by atoms with Crippen LogP contribution in [0, 0.1) is 0 Å². The Labute approximate surface area is 186 Å². The molecule has 4 rings (SSSR count). The van der Waals surface area contributed by atoms with E-state index in [2.05, 4.69) is 39.5 Å². The van der Waals surface area contributed by atoms with E-state index in [4.69, 9.17) is 0 Å². The van der Waals surface area contributed by atoms with E-state index in [1.165, 1.54) is 37.9 Å². The molecule has 0 unspecified atom stereocenters. The number of carbonyl (C=O) groups excluding carboxylic acids is 1. The molecule has 0 saturated carbocycles. The van der Waals surface area contributed by atoms with E-state index in [-0.39, 0.29) is 5.91 Å². The van der Waals surface area contributed by atoms with Crippen molar-refractivity contribution in [3.63, 3.8) is 0 Å². The molecule has 1 aliphatic heterocycles. The quantitative estimate of drug-likeness (QED) is 0.483. The van der Waals surface area contributed by atoms with Crippen LogP contribution in [0.15, 0.2) is 64.3 Å². The molecule has 1 N–H and O–H groups in total. The van der Waals surface area contributed by atoms with Crippen molar-refractivity contribution in [3.05, 3.63) is 81.8 Å². The molecule has 3 aromatic rings. The van der Waals surface area contributed by atoms with Gasteiger partial charge in [0.25, 0.3) is 5.91 Å². The Morgan fingerprint density at radius 2 is 1.80 bits per heavy atom. The van der Waals surface area contributed by atoms with Crippen LogP contribution in [0.1, 0.15) is 46.4 Å². The van der Waals surface area contributed by atoms with E-state index in [9.17, 15) is 4.79 Å². The Morgan fingerprint density at radius 3 is 2.57 bits per heavy atom. The van der Waals surface area contributed by atoms with E-state index < -0.39 is 0 Å². The van der Waals surface area contributed by atoms with Gasteiger partial charge in [-0.25, -0.2) is 4.98 Å². The smallest absolute Gasteiger partial charge is 0.252 e. The summed E-state index contributed by atoms with van der Waals surface area (Å²) < 4.78 is 0. The van der Waals surface area contributed by atoms with Gasteiger partial charge in [0.1, 0.15) is 0 Å². The number of likely N-dealkylation sites (tertiary alicyclic amines) is 1. The number of thiazole rings is 1. The Balaban J connectivity index is 1.31. The molecule has 1 aliphatic rings. The summed E-state index contributed by atoms with van der Waals surface area (Å²) in [6.45, 7) is 3.97. The van der Waals surface area contributed by atoms with E-state index in [0.29, 0.717) is 6.54 Å². The molecule has 156 valence electrons. The average Bonchev–Trinajstić information content (AvgIpc) is 3.32. The minimum Gasteiger partial charge on any atom is -0.348 e. The van der Waals surface area contributed by atoms with Crippen LogP contribution in [0.2, 0.25) is 0 Å². The molecule has 0 atom stereocenters. The summed E-state index contributed by atoms with van der Waals surface area (Å²) in [5.41, 5.74) is 6.07. The Bertz CT molecular complexity index is 935. The van der Waals surface area contributed by atoms with Crippen molar-refractivity contribution < 1.29 is 4.79 Å². The summed E-state index contributed by atoms with van der Waals surface area (Å²) >= 11 is 3.25. The number of benzene rings is 2. The largest absolute Gasteiger partial charge is 0.348 e. The molecule has 1 amide bonds. The molecule has 1 fully saturated rings. The Hall–Kier alpha value is -2.15. The SMILES string of the molecule is O=C(NCc1ccc(CN2CCCCC2)cc1)c1ccccc1SCc1cscn1. The van der Waals surface area contributed by atoms with Crippen molar-refractivity contribution in [2.45, 2.75) is 43.0 Å². The molecule has 2 aromatic carbocycles. The predicted octanol–water partition coefficient (Wildman–Crippen LogP) is 5.35. The molecule has 0 spiro atoms. The van der Waals surface area contributed by atoms with Gasteiger partial charge < -0.3 is 5.32 Å². The average molecular weight is 438 g/mol. The van der Waals surface area contributed by atoms with Gasteiger partial charge in [0, 0.05) is 29.1 Å². The zero-order chi connectivity index (χ0) is 20.6. The number of aromatic nitrogens is 1. The summed E-state index contributed by atoms with van der Waals surface area (Å²) in [6.07, 6.45) is 3.99. The van der Waals surface area contributed by atoms with Gasteiger partial charge in [-0.15, -0.1) is 23.1 Å². The molecule has 0 aliphatic carbocycles. The van der Waals surface area contributed by atoms with Crippen molar-refractivity contribution in [1.29, 1.82) is 0 Å². The first-order valence-electron chi connectivity index (χ1n) is 10.5. The van der Waals surface area contributed by atoms with Crippen molar-refractivity contribution in [1.82, 2.24) is 15.2 Å². The number of nitrogens with one attached hydrogen (secondary N) is 1. The maximum atomic E-state index is 12.8. The lowest BCUT2D eigenvalue weighted by atomic mass is 10.1. The third kappa shape index (κ3) is 5.94. The molecule has 1 saturated heterocycles. The highest BCUT2D eigenvalue weighted by Crippen LogP contribution is 2.26. The maximum Gasteiger partial charge on any atom is 0.252 e. The van der Waals surface area contributed by atoms with Gasteiger partial charge in [-0.2, -0.15) is 0 Å². The second-order valence-electron chi connectivity index (χ2n) is 7.60. The van der Waals surface area contributed by atoms with Crippen molar-refractivity contribution in [3.8, 4) is 0 Å². The zero-order valence-corrected chi connectivity index (χ0v) is 18.7.